The lowest BCUT2D eigenvalue weighted by Crippen LogP contribution is -1.99. The average molecular weight is 149 g/mol. The zero-order valence-corrected chi connectivity index (χ0v) is 7.35. The molecule has 0 N–H and O–H groups in total. The molecule has 0 radical (unpaired) electrons. The average Bonchev–Trinajstić information content (AvgIpc) is 2.69. The van der Waals surface area contributed by atoms with E-state index in [1.807, 2.05) is 0 Å². The van der Waals surface area contributed by atoms with Gasteiger partial charge in [0.25, 0.3) is 0 Å². The maximum atomic E-state index is 6.96. The quantitative estimate of drug-likeness (QED) is 0.429. The van der Waals surface area contributed by atoms with Gasteiger partial charge in [-0.05, 0) is 20.3 Å². The summed E-state index contributed by atoms with van der Waals surface area (Å²) in [5.74, 6) is 0. The van der Waals surface area contributed by atoms with Gasteiger partial charge in [0.2, 0.25) is 5.54 Å². The molecule has 0 heterocycles. The minimum atomic E-state index is 0.0753. The monoisotopic (exact) mass is 149 g/mol. The Morgan fingerprint density at radius 3 is 2.55 bits per heavy atom. The van der Waals surface area contributed by atoms with Crippen LogP contribution in [0.25, 0.3) is 4.85 Å². The van der Waals surface area contributed by atoms with E-state index in [9.17, 15) is 0 Å². The minimum absolute atomic E-state index is 0.0753. The fraction of sp³-hybridized carbons (Fsp3) is 0.700. The highest BCUT2D eigenvalue weighted by atomic mass is 14.9. The molecule has 0 bridgehead atoms. The molecule has 0 unspecified atom stereocenters. The third kappa shape index (κ3) is 2.38. The Bertz CT molecular complexity index is 199. The van der Waals surface area contributed by atoms with E-state index in [1.165, 1.54) is 5.57 Å². The Balaban J connectivity index is 2.24. The van der Waals surface area contributed by atoms with E-state index in [1.54, 1.807) is 0 Å². The first-order chi connectivity index (χ1) is 5.18. The Labute approximate surface area is 68.9 Å². The summed E-state index contributed by atoms with van der Waals surface area (Å²) in [6.07, 6.45) is 6.65. The van der Waals surface area contributed by atoms with Crippen molar-refractivity contribution in [2.24, 2.45) is 0 Å². The molecule has 11 heavy (non-hydrogen) atoms. The molecule has 0 amide bonds. The maximum absolute atomic E-state index is 6.96. The van der Waals surface area contributed by atoms with Crippen molar-refractivity contribution in [2.75, 3.05) is 0 Å². The molecule has 1 aliphatic carbocycles. The van der Waals surface area contributed by atoms with Gasteiger partial charge in [-0.15, -0.1) is 0 Å². The molecule has 0 spiro atoms. The second kappa shape index (κ2) is 3.09. The Kier molecular flexibility index (Phi) is 2.34. The van der Waals surface area contributed by atoms with E-state index in [0.717, 1.165) is 25.7 Å². The van der Waals surface area contributed by atoms with Crippen LogP contribution in [0.15, 0.2) is 11.6 Å². The van der Waals surface area contributed by atoms with Gasteiger partial charge in [-0.2, -0.15) is 0 Å². The normalized spacial score (nSPS) is 18.6. The van der Waals surface area contributed by atoms with Crippen molar-refractivity contribution in [3.8, 4) is 0 Å². The van der Waals surface area contributed by atoms with E-state index in [-0.39, 0.29) is 5.54 Å². The van der Waals surface area contributed by atoms with E-state index >= 15 is 0 Å². The lowest BCUT2D eigenvalue weighted by Gasteiger charge is -1.97. The molecular weight excluding hydrogens is 134 g/mol. The highest BCUT2D eigenvalue weighted by Gasteiger charge is 2.49. The summed E-state index contributed by atoms with van der Waals surface area (Å²) < 4.78 is 0. The zero-order valence-electron chi connectivity index (χ0n) is 7.35. The summed E-state index contributed by atoms with van der Waals surface area (Å²) in [4.78, 5) is 3.65. The van der Waals surface area contributed by atoms with Crippen LogP contribution in [0.2, 0.25) is 0 Å². The molecule has 1 aliphatic rings. The first-order valence-corrected chi connectivity index (χ1v) is 4.20. The van der Waals surface area contributed by atoms with E-state index in [2.05, 4.69) is 24.8 Å². The summed E-state index contributed by atoms with van der Waals surface area (Å²) in [6.45, 7) is 11.2. The molecule has 0 atom stereocenters. The predicted octanol–water partition coefficient (Wildman–Crippen LogP) is 3.18. The Morgan fingerprint density at radius 1 is 1.55 bits per heavy atom. The van der Waals surface area contributed by atoms with Gasteiger partial charge in [-0.25, -0.2) is 6.57 Å². The van der Waals surface area contributed by atoms with Gasteiger partial charge in [-0.1, -0.05) is 11.6 Å². The van der Waals surface area contributed by atoms with E-state index in [4.69, 9.17) is 6.57 Å². The van der Waals surface area contributed by atoms with Crippen molar-refractivity contribution >= 4 is 0 Å². The van der Waals surface area contributed by atoms with Crippen LogP contribution >= 0.6 is 0 Å². The molecule has 0 aromatic rings. The number of nitrogens with zero attached hydrogens (tertiary/aromatic N) is 1. The van der Waals surface area contributed by atoms with Crippen LogP contribution in [0.3, 0.4) is 0 Å². The number of allylic oxidation sites excluding steroid dienone is 2. The molecule has 1 heteroatoms. The summed E-state index contributed by atoms with van der Waals surface area (Å²) in [7, 11) is 0. The highest BCUT2D eigenvalue weighted by Crippen LogP contribution is 2.43. The van der Waals surface area contributed by atoms with Crippen molar-refractivity contribution < 1.29 is 0 Å². The zero-order chi connectivity index (χ0) is 8.32. The van der Waals surface area contributed by atoms with Crippen LogP contribution in [0.5, 0.6) is 0 Å². The molecule has 1 saturated carbocycles. The van der Waals surface area contributed by atoms with Gasteiger partial charge in [0.05, 0.1) is 0 Å². The van der Waals surface area contributed by atoms with Crippen molar-refractivity contribution in [1.29, 1.82) is 0 Å². The highest BCUT2D eigenvalue weighted by molar-refractivity contribution is 5.12. The van der Waals surface area contributed by atoms with Crippen LogP contribution in [0.1, 0.15) is 39.5 Å². The smallest absolute Gasteiger partial charge is 0.233 e. The SMILES string of the molecule is [C-]#[N+]C1(CCC=C(C)C)CC1. The van der Waals surface area contributed by atoms with Gasteiger partial charge in [0, 0.05) is 19.3 Å². The predicted molar refractivity (Wildman–Crippen MR) is 47.2 cm³/mol. The van der Waals surface area contributed by atoms with Crippen LogP contribution in [-0.4, -0.2) is 5.54 Å². The van der Waals surface area contributed by atoms with Crippen molar-refractivity contribution in [3.63, 3.8) is 0 Å². The topological polar surface area (TPSA) is 4.36 Å². The molecule has 0 aliphatic heterocycles. The number of hydrogen-bond acceptors (Lipinski definition) is 0. The van der Waals surface area contributed by atoms with E-state index < -0.39 is 0 Å². The van der Waals surface area contributed by atoms with Gasteiger partial charge in [0.1, 0.15) is 0 Å². The maximum Gasteiger partial charge on any atom is 0.233 e. The number of hydrogen-bond donors (Lipinski definition) is 0. The summed E-state index contributed by atoms with van der Waals surface area (Å²) in [5, 5.41) is 0. The third-order valence-corrected chi connectivity index (χ3v) is 2.23. The van der Waals surface area contributed by atoms with Gasteiger partial charge < -0.3 is 4.85 Å². The summed E-state index contributed by atoms with van der Waals surface area (Å²) in [5.41, 5.74) is 1.44. The molecule has 0 aromatic heterocycles. The lowest BCUT2D eigenvalue weighted by molar-refractivity contribution is 0.703. The first-order valence-electron chi connectivity index (χ1n) is 4.20. The molecule has 60 valence electrons. The fourth-order valence-electron chi connectivity index (χ4n) is 1.19. The molecule has 0 saturated heterocycles. The second-order valence-electron chi connectivity index (χ2n) is 3.66. The Morgan fingerprint density at radius 2 is 2.18 bits per heavy atom. The summed E-state index contributed by atoms with van der Waals surface area (Å²) >= 11 is 0. The first kappa shape index (κ1) is 8.33. The van der Waals surface area contributed by atoms with Gasteiger partial charge in [0.15, 0.2) is 0 Å². The standard InChI is InChI=1S/C10H15N/c1-9(2)5-4-6-10(11-3)7-8-10/h5H,4,6-8H2,1-2H3. The molecule has 1 fully saturated rings. The van der Waals surface area contributed by atoms with Gasteiger partial charge in [-0.3, -0.25) is 0 Å². The second-order valence-corrected chi connectivity index (χ2v) is 3.66. The van der Waals surface area contributed by atoms with Crippen LogP contribution < -0.4 is 0 Å². The largest absolute Gasteiger partial charge is 0.310 e. The molecular formula is C10H15N. The van der Waals surface area contributed by atoms with Gasteiger partial charge >= 0.3 is 0 Å². The Hall–Kier alpha value is -0.770. The number of rotatable bonds is 3. The summed E-state index contributed by atoms with van der Waals surface area (Å²) in [6, 6.07) is 0. The van der Waals surface area contributed by atoms with E-state index in [0.29, 0.717) is 0 Å². The van der Waals surface area contributed by atoms with Crippen LogP contribution in [0.4, 0.5) is 0 Å². The van der Waals surface area contributed by atoms with Crippen molar-refractivity contribution in [2.45, 2.75) is 45.1 Å². The molecule has 0 aromatic carbocycles. The van der Waals surface area contributed by atoms with Crippen LogP contribution in [0, 0.1) is 6.57 Å². The van der Waals surface area contributed by atoms with Crippen LogP contribution in [-0.2, 0) is 0 Å². The van der Waals surface area contributed by atoms with Crippen molar-refractivity contribution in [1.82, 2.24) is 0 Å². The third-order valence-electron chi connectivity index (χ3n) is 2.23. The molecule has 1 nitrogen and oxygen atoms in total. The fourth-order valence-corrected chi connectivity index (χ4v) is 1.19. The lowest BCUT2D eigenvalue weighted by atomic mass is 10.1. The van der Waals surface area contributed by atoms with Crippen molar-refractivity contribution in [3.05, 3.63) is 23.1 Å². The molecule has 1 rings (SSSR count). The minimum Gasteiger partial charge on any atom is -0.310 e.